The van der Waals surface area contributed by atoms with Gasteiger partial charge in [0.05, 0.1) is 5.69 Å². The lowest BCUT2D eigenvalue weighted by Crippen LogP contribution is -2.21. The fourth-order valence-corrected chi connectivity index (χ4v) is 1.70. The molecular formula is C14H11F2N3O4. The van der Waals surface area contributed by atoms with E-state index >= 15 is 0 Å². The summed E-state index contributed by atoms with van der Waals surface area (Å²) < 4.78 is 31.4. The van der Waals surface area contributed by atoms with Crippen LogP contribution in [-0.4, -0.2) is 22.4 Å². The molecule has 0 aliphatic rings. The van der Waals surface area contributed by atoms with Crippen molar-refractivity contribution in [3.63, 3.8) is 0 Å². The van der Waals surface area contributed by atoms with Crippen LogP contribution in [-0.2, 0) is 4.79 Å². The van der Waals surface area contributed by atoms with Crippen molar-refractivity contribution >= 4 is 17.4 Å². The first-order valence-electron chi connectivity index (χ1n) is 6.36. The Balaban J connectivity index is 2.05. The average Bonchev–Trinajstić information content (AvgIpc) is 2.49. The number of nitro groups is 1. The highest BCUT2D eigenvalue weighted by atomic mass is 19.1. The Kier molecular flexibility index (Phi) is 4.79. The van der Waals surface area contributed by atoms with Gasteiger partial charge in [0.15, 0.2) is 6.61 Å². The molecule has 0 unspecified atom stereocenters. The summed E-state index contributed by atoms with van der Waals surface area (Å²) in [5, 5.41) is 13.0. The van der Waals surface area contributed by atoms with E-state index in [1.165, 1.54) is 12.1 Å². The number of carbonyl (C=O) groups excluding carboxylic acids is 1. The third-order valence-electron chi connectivity index (χ3n) is 2.71. The Hall–Kier alpha value is -3.10. The van der Waals surface area contributed by atoms with Gasteiger partial charge in [-0.3, -0.25) is 4.79 Å². The first-order chi connectivity index (χ1) is 10.9. The summed E-state index contributed by atoms with van der Waals surface area (Å²) in [5.41, 5.74) is 0.0606. The fraction of sp³-hybridized carbons (Fsp3) is 0.143. The van der Waals surface area contributed by atoms with Gasteiger partial charge in [-0.25, -0.2) is 8.78 Å². The zero-order chi connectivity index (χ0) is 17.0. The van der Waals surface area contributed by atoms with Gasteiger partial charge >= 0.3 is 5.82 Å². The Labute approximate surface area is 129 Å². The normalized spacial score (nSPS) is 10.2. The Morgan fingerprint density at radius 2 is 2.09 bits per heavy atom. The van der Waals surface area contributed by atoms with Gasteiger partial charge in [-0.1, -0.05) is 0 Å². The molecule has 0 radical (unpaired) electrons. The van der Waals surface area contributed by atoms with Crippen LogP contribution in [0, 0.1) is 28.7 Å². The highest BCUT2D eigenvalue weighted by Crippen LogP contribution is 2.24. The number of pyridine rings is 1. The zero-order valence-electron chi connectivity index (χ0n) is 11.9. The molecule has 0 aliphatic heterocycles. The summed E-state index contributed by atoms with van der Waals surface area (Å²) in [6.45, 7) is 0.942. The van der Waals surface area contributed by atoms with Crippen molar-refractivity contribution in [1.29, 1.82) is 0 Å². The van der Waals surface area contributed by atoms with Gasteiger partial charge in [0.1, 0.15) is 17.3 Å². The van der Waals surface area contributed by atoms with Crippen LogP contribution in [0.25, 0.3) is 0 Å². The number of amides is 1. The van der Waals surface area contributed by atoms with E-state index in [-0.39, 0.29) is 11.4 Å². The summed E-state index contributed by atoms with van der Waals surface area (Å²) in [5.74, 6) is -3.07. The van der Waals surface area contributed by atoms with Gasteiger partial charge in [-0.15, -0.1) is 0 Å². The summed E-state index contributed by atoms with van der Waals surface area (Å²) in [7, 11) is 0. The van der Waals surface area contributed by atoms with Crippen molar-refractivity contribution in [2.45, 2.75) is 6.92 Å². The minimum absolute atomic E-state index is 0.199. The fourth-order valence-electron chi connectivity index (χ4n) is 1.70. The number of hydrogen-bond acceptors (Lipinski definition) is 5. The Bertz CT molecular complexity index is 768. The molecule has 23 heavy (non-hydrogen) atoms. The van der Waals surface area contributed by atoms with Gasteiger partial charge in [0, 0.05) is 13.0 Å². The molecule has 0 saturated heterocycles. The molecule has 1 amide bonds. The first-order valence-corrected chi connectivity index (χ1v) is 6.36. The number of anilines is 1. The lowest BCUT2D eigenvalue weighted by Gasteiger charge is -2.08. The number of aromatic nitrogens is 1. The molecular weight excluding hydrogens is 312 g/mol. The monoisotopic (exact) mass is 323 g/mol. The molecule has 0 saturated carbocycles. The molecule has 1 N–H and O–H groups in total. The van der Waals surface area contributed by atoms with Crippen molar-refractivity contribution in [1.82, 2.24) is 4.98 Å². The molecule has 7 nitrogen and oxygen atoms in total. The van der Waals surface area contributed by atoms with E-state index in [4.69, 9.17) is 4.74 Å². The third-order valence-corrected chi connectivity index (χ3v) is 2.71. The van der Waals surface area contributed by atoms with Crippen molar-refractivity contribution in [2.75, 3.05) is 11.9 Å². The van der Waals surface area contributed by atoms with E-state index in [0.717, 1.165) is 18.2 Å². The lowest BCUT2D eigenvalue weighted by atomic mass is 10.3. The molecule has 1 heterocycles. The molecule has 2 rings (SSSR count). The van der Waals surface area contributed by atoms with Crippen LogP contribution >= 0.6 is 0 Å². The maximum absolute atomic E-state index is 13.4. The van der Waals surface area contributed by atoms with Gasteiger partial charge < -0.3 is 20.2 Å². The van der Waals surface area contributed by atoms with Gasteiger partial charge in [-0.05, 0) is 34.2 Å². The molecule has 0 fully saturated rings. The molecule has 0 spiro atoms. The second kappa shape index (κ2) is 6.77. The van der Waals surface area contributed by atoms with Crippen LogP contribution in [0.5, 0.6) is 5.75 Å². The van der Waals surface area contributed by atoms with Crippen molar-refractivity contribution < 1.29 is 23.2 Å². The average molecular weight is 323 g/mol. The summed E-state index contributed by atoms with van der Waals surface area (Å²) in [6, 6.07) is 5.36. The van der Waals surface area contributed by atoms with E-state index in [1.807, 2.05) is 0 Å². The number of ether oxygens (including phenoxy) is 1. The molecule has 0 aliphatic carbocycles. The highest BCUT2D eigenvalue weighted by Gasteiger charge is 2.19. The second-order valence-electron chi connectivity index (χ2n) is 4.49. The maximum Gasteiger partial charge on any atom is 0.406 e. The smallest absolute Gasteiger partial charge is 0.406 e. The van der Waals surface area contributed by atoms with Crippen molar-refractivity contribution in [2.24, 2.45) is 0 Å². The van der Waals surface area contributed by atoms with Crippen LogP contribution in [0.1, 0.15) is 5.69 Å². The predicted molar refractivity (Wildman–Crippen MR) is 76.1 cm³/mol. The SMILES string of the molecule is Cc1ccc(OCC(=O)Nc2cc(F)ccc2F)c([N+](=O)[O-])n1. The van der Waals surface area contributed by atoms with Gasteiger partial charge in [0.2, 0.25) is 5.75 Å². The molecule has 1 aromatic carbocycles. The van der Waals surface area contributed by atoms with Crippen LogP contribution < -0.4 is 10.1 Å². The first kappa shape index (κ1) is 16.3. The summed E-state index contributed by atoms with van der Waals surface area (Å²) >= 11 is 0. The summed E-state index contributed by atoms with van der Waals surface area (Å²) in [4.78, 5) is 25.5. The van der Waals surface area contributed by atoms with E-state index < -0.39 is 34.9 Å². The van der Waals surface area contributed by atoms with Crippen LogP contribution in [0.15, 0.2) is 30.3 Å². The lowest BCUT2D eigenvalue weighted by molar-refractivity contribution is -0.390. The standard InChI is InChI=1S/C14H11F2N3O4/c1-8-2-5-12(14(17-8)19(21)22)23-7-13(20)18-11-6-9(15)3-4-10(11)16/h2-6H,7H2,1H3,(H,18,20). The number of aryl methyl sites for hydroxylation is 1. The predicted octanol–water partition coefficient (Wildman–Crippen LogP) is 2.59. The maximum atomic E-state index is 13.4. The highest BCUT2D eigenvalue weighted by molar-refractivity contribution is 5.92. The molecule has 2 aromatic rings. The summed E-state index contributed by atoms with van der Waals surface area (Å²) in [6.07, 6.45) is 0. The topological polar surface area (TPSA) is 94.4 Å². The van der Waals surface area contributed by atoms with Crippen LogP contribution in [0.3, 0.4) is 0 Å². The number of benzene rings is 1. The Morgan fingerprint density at radius 1 is 1.35 bits per heavy atom. The van der Waals surface area contributed by atoms with Crippen molar-refractivity contribution in [3.8, 4) is 5.75 Å². The number of rotatable bonds is 5. The number of halogens is 2. The second-order valence-corrected chi connectivity index (χ2v) is 4.49. The molecule has 9 heteroatoms. The van der Waals surface area contributed by atoms with E-state index in [9.17, 15) is 23.7 Å². The van der Waals surface area contributed by atoms with Crippen LogP contribution in [0.2, 0.25) is 0 Å². The number of carbonyl (C=O) groups is 1. The quantitative estimate of drug-likeness (QED) is 0.674. The van der Waals surface area contributed by atoms with Crippen molar-refractivity contribution in [3.05, 3.63) is 57.8 Å². The molecule has 1 aromatic heterocycles. The minimum Gasteiger partial charge on any atom is -0.476 e. The number of hydrogen-bond donors (Lipinski definition) is 1. The van der Waals surface area contributed by atoms with Crippen LogP contribution in [0.4, 0.5) is 20.3 Å². The molecule has 120 valence electrons. The van der Waals surface area contributed by atoms with E-state index in [1.54, 1.807) is 6.92 Å². The third kappa shape index (κ3) is 4.19. The molecule has 0 bridgehead atoms. The van der Waals surface area contributed by atoms with E-state index in [0.29, 0.717) is 5.69 Å². The van der Waals surface area contributed by atoms with Gasteiger partial charge in [0.25, 0.3) is 5.91 Å². The van der Waals surface area contributed by atoms with Gasteiger partial charge in [-0.2, -0.15) is 0 Å². The number of nitrogens with zero attached hydrogens (tertiary/aromatic N) is 2. The molecule has 0 atom stereocenters. The minimum atomic E-state index is -0.817. The van der Waals surface area contributed by atoms with E-state index in [2.05, 4.69) is 10.3 Å². The largest absolute Gasteiger partial charge is 0.476 e. The Morgan fingerprint density at radius 3 is 2.78 bits per heavy atom. The zero-order valence-corrected chi connectivity index (χ0v) is 11.9. The number of nitrogens with one attached hydrogen (secondary N) is 1.